The number of rotatable bonds is 4. The van der Waals surface area contributed by atoms with E-state index in [1.54, 1.807) is 27.0 Å². The number of nitrogens with zero attached hydrogens (tertiary/aromatic N) is 1. The van der Waals surface area contributed by atoms with Crippen LogP contribution >= 0.6 is 12.6 Å². The molecule has 0 aliphatic carbocycles. The van der Waals surface area contributed by atoms with Crippen LogP contribution in [0.1, 0.15) is 27.2 Å². The van der Waals surface area contributed by atoms with E-state index in [4.69, 9.17) is 14.6 Å². The monoisotopic (exact) mass is 350 g/mol. The summed E-state index contributed by atoms with van der Waals surface area (Å²) >= 11 is 3.53. The maximum Gasteiger partial charge on any atom is 0.408 e. The number of ether oxygens (including phenoxy) is 2. The van der Waals surface area contributed by atoms with E-state index in [2.05, 4.69) is 17.9 Å². The summed E-state index contributed by atoms with van der Waals surface area (Å²) < 4.78 is 10.1. The van der Waals surface area contributed by atoms with E-state index >= 15 is 0 Å². The molecule has 1 fully saturated rings. The maximum atomic E-state index is 12.0. The molecule has 0 bridgehead atoms. The van der Waals surface area contributed by atoms with Crippen molar-refractivity contribution >= 4 is 30.6 Å². The number of thiol groups is 1. The van der Waals surface area contributed by atoms with Gasteiger partial charge in [0.1, 0.15) is 11.6 Å². The molecular weight excluding hydrogens is 324 g/mol. The van der Waals surface area contributed by atoms with Gasteiger partial charge in [0, 0.05) is 13.1 Å². The van der Waals surface area contributed by atoms with E-state index in [0.717, 1.165) is 0 Å². The first-order chi connectivity index (χ1) is 10.7. The molecule has 0 aromatic carbocycles. The molecule has 1 atom stereocenters. The Bertz CT molecular complexity index is 405. The second-order valence-corrected chi connectivity index (χ2v) is 5.73. The zero-order chi connectivity index (χ0) is 18.0. The molecule has 9 heteroatoms. The normalized spacial score (nSPS) is 15.8. The molecule has 1 aliphatic heterocycles. The van der Waals surface area contributed by atoms with Gasteiger partial charge in [0.25, 0.3) is 0 Å². The molecule has 0 saturated carbocycles. The minimum absolute atomic E-state index is 0.311. The van der Waals surface area contributed by atoms with Gasteiger partial charge in [-0.15, -0.1) is 0 Å². The lowest BCUT2D eigenvalue weighted by Gasteiger charge is -2.28. The third-order valence-electron chi connectivity index (χ3n) is 2.73. The van der Waals surface area contributed by atoms with Gasteiger partial charge < -0.3 is 24.8 Å². The van der Waals surface area contributed by atoms with Gasteiger partial charge in [0.2, 0.25) is 5.91 Å². The first kappa shape index (κ1) is 21.5. The minimum Gasteiger partial charge on any atom is -0.480 e. The lowest BCUT2D eigenvalue weighted by Crippen LogP contribution is -2.48. The van der Waals surface area contributed by atoms with Crippen LogP contribution in [0.5, 0.6) is 0 Å². The van der Waals surface area contributed by atoms with Crippen molar-refractivity contribution in [2.24, 2.45) is 0 Å². The molecule has 134 valence electrons. The van der Waals surface area contributed by atoms with Gasteiger partial charge in [-0.1, -0.05) is 0 Å². The highest BCUT2D eigenvalue weighted by atomic mass is 32.1. The number of carbonyl (C=O) groups excluding carboxylic acids is 2. The molecule has 1 rings (SSSR count). The van der Waals surface area contributed by atoms with E-state index in [9.17, 15) is 14.4 Å². The number of morpholine rings is 1. The summed E-state index contributed by atoms with van der Waals surface area (Å²) in [6, 6.07) is -1.31. The standard InChI is InChI=1S/C13H22N2O6.CH4S/c1-13(2,3)21-12(19)14-9(11(17)18)8-10(16)15-4-6-20-7-5-15;1-2/h9H,4-8H2,1-3H3,(H,14,19)(H,17,18);2H,1H3/t9-;/m1./s1. The van der Waals surface area contributed by atoms with Gasteiger partial charge in [0.15, 0.2) is 0 Å². The van der Waals surface area contributed by atoms with Crippen LogP contribution < -0.4 is 5.32 Å². The summed E-state index contributed by atoms with van der Waals surface area (Å²) in [5.74, 6) is -1.61. The zero-order valence-electron chi connectivity index (χ0n) is 14.0. The van der Waals surface area contributed by atoms with Crippen molar-refractivity contribution in [2.75, 3.05) is 32.6 Å². The van der Waals surface area contributed by atoms with Crippen LogP contribution in [0.3, 0.4) is 0 Å². The van der Waals surface area contributed by atoms with Gasteiger partial charge in [0.05, 0.1) is 19.6 Å². The Hall–Kier alpha value is -1.48. The fraction of sp³-hybridized carbons (Fsp3) is 0.786. The summed E-state index contributed by atoms with van der Waals surface area (Å²) in [6.45, 7) is 6.73. The van der Waals surface area contributed by atoms with Crippen molar-refractivity contribution in [1.82, 2.24) is 10.2 Å². The third-order valence-corrected chi connectivity index (χ3v) is 2.73. The second kappa shape index (κ2) is 10.3. The molecule has 0 unspecified atom stereocenters. The average molecular weight is 350 g/mol. The molecule has 1 saturated heterocycles. The summed E-state index contributed by atoms with van der Waals surface area (Å²) in [7, 11) is 0. The number of nitrogens with one attached hydrogen (secondary N) is 1. The van der Waals surface area contributed by atoms with E-state index in [1.807, 2.05) is 0 Å². The number of alkyl carbamates (subject to hydrolysis) is 1. The Morgan fingerprint density at radius 3 is 2.22 bits per heavy atom. The molecule has 0 aromatic heterocycles. The van der Waals surface area contributed by atoms with Gasteiger partial charge in [-0.25, -0.2) is 9.59 Å². The van der Waals surface area contributed by atoms with Crippen LogP contribution in [0.25, 0.3) is 0 Å². The molecule has 8 nitrogen and oxygen atoms in total. The molecule has 0 aromatic rings. The number of aliphatic carboxylic acids is 1. The molecule has 0 radical (unpaired) electrons. The van der Waals surface area contributed by atoms with Crippen LogP contribution in [-0.4, -0.2) is 72.2 Å². The van der Waals surface area contributed by atoms with Crippen LogP contribution in [0.15, 0.2) is 0 Å². The highest BCUT2D eigenvalue weighted by Gasteiger charge is 2.28. The summed E-state index contributed by atoms with van der Waals surface area (Å²) in [6.07, 6.45) is 0.527. The smallest absolute Gasteiger partial charge is 0.408 e. The molecule has 1 aliphatic rings. The Labute approximate surface area is 141 Å². The fourth-order valence-corrected chi connectivity index (χ4v) is 1.77. The van der Waals surface area contributed by atoms with Crippen molar-refractivity contribution in [3.8, 4) is 0 Å². The average Bonchev–Trinajstić information content (AvgIpc) is 2.47. The fourth-order valence-electron chi connectivity index (χ4n) is 1.77. The minimum atomic E-state index is -1.31. The predicted octanol–water partition coefficient (Wildman–Crippen LogP) is 0.759. The maximum absolute atomic E-state index is 12.0. The third kappa shape index (κ3) is 9.29. The first-order valence-electron chi connectivity index (χ1n) is 7.21. The lowest BCUT2D eigenvalue weighted by atomic mass is 10.2. The van der Waals surface area contributed by atoms with Gasteiger partial charge in [-0.05, 0) is 27.0 Å². The summed E-state index contributed by atoms with van der Waals surface area (Å²) in [4.78, 5) is 36.3. The van der Waals surface area contributed by atoms with Crippen molar-refractivity contribution < 1.29 is 29.0 Å². The quantitative estimate of drug-likeness (QED) is 0.647. The van der Waals surface area contributed by atoms with Gasteiger partial charge in [-0.2, -0.15) is 12.6 Å². The van der Waals surface area contributed by atoms with Crippen molar-refractivity contribution in [3.63, 3.8) is 0 Å². The first-order valence-corrected chi connectivity index (χ1v) is 8.11. The van der Waals surface area contributed by atoms with E-state index < -0.39 is 23.7 Å². The number of carboxylic acids is 1. The van der Waals surface area contributed by atoms with Crippen LogP contribution in [0, 0.1) is 0 Å². The lowest BCUT2D eigenvalue weighted by molar-refractivity contribution is -0.144. The van der Waals surface area contributed by atoms with Crippen molar-refractivity contribution in [3.05, 3.63) is 0 Å². The number of amides is 2. The Kier molecular flexibility index (Phi) is 9.66. The topological polar surface area (TPSA) is 105 Å². The summed E-state index contributed by atoms with van der Waals surface area (Å²) in [5, 5.41) is 11.3. The van der Waals surface area contributed by atoms with E-state index in [-0.39, 0.29) is 12.3 Å². The largest absolute Gasteiger partial charge is 0.480 e. The Balaban J connectivity index is 0.00000232. The Morgan fingerprint density at radius 2 is 1.78 bits per heavy atom. The zero-order valence-corrected chi connectivity index (χ0v) is 14.9. The second-order valence-electron chi connectivity index (χ2n) is 5.73. The van der Waals surface area contributed by atoms with E-state index in [1.165, 1.54) is 4.90 Å². The molecule has 23 heavy (non-hydrogen) atoms. The van der Waals surface area contributed by atoms with Crippen molar-refractivity contribution in [2.45, 2.75) is 38.8 Å². The summed E-state index contributed by atoms with van der Waals surface area (Å²) in [5.41, 5.74) is -0.735. The molecule has 2 N–H and O–H groups in total. The highest BCUT2D eigenvalue weighted by Crippen LogP contribution is 2.08. The molecule has 1 heterocycles. The van der Waals surface area contributed by atoms with Crippen LogP contribution in [-0.2, 0) is 19.1 Å². The van der Waals surface area contributed by atoms with Crippen LogP contribution in [0.4, 0.5) is 4.79 Å². The number of carbonyl (C=O) groups is 3. The van der Waals surface area contributed by atoms with Crippen molar-refractivity contribution in [1.29, 1.82) is 0 Å². The van der Waals surface area contributed by atoms with Gasteiger partial charge >= 0.3 is 12.1 Å². The van der Waals surface area contributed by atoms with E-state index in [0.29, 0.717) is 26.3 Å². The predicted molar refractivity (Wildman–Crippen MR) is 87.7 cm³/mol. The van der Waals surface area contributed by atoms with Crippen LogP contribution in [0.2, 0.25) is 0 Å². The number of hydrogen-bond acceptors (Lipinski definition) is 6. The SMILES string of the molecule is CC(C)(C)OC(=O)N[C@H](CC(=O)N1CCOCC1)C(=O)O.CS. The molecule has 0 spiro atoms. The number of carboxylic acid groups (broad SMARTS) is 1. The molecule has 2 amide bonds. The van der Waals surface area contributed by atoms with Gasteiger partial charge in [-0.3, -0.25) is 4.79 Å². The highest BCUT2D eigenvalue weighted by molar-refractivity contribution is 7.79. The molecular formula is C14H26N2O6S. The Morgan fingerprint density at radius 1 is 1.26 bits per heavy atom. The number of hydrogen-bond donors (Lipinski definition) is 3.